The monoisotopic (exact) mass is 659 g/mol. The van der Waals surface area contributed by atoms with Crippen molar-refractivity contribution in [2.75, 3.05) is 32.1 Å². The Morgan fingerprint density at radius 3 is 2.45 bits per heavy atom. The molecule has 0 aliphatic carbocycles. The molecule has 0 aliphatic heterocycles. The molecule has 4 rings (SSSR count). The van der Waals surface area contributed by atoms with E-state index >= 15 is 0 Å². The van der Waals surface area contributed by atoms with Crippen LogP contribution in [0.4, 0.5) is 16.5 Å². The van der Waals surface area contributed by atoms with E-state index in [9.17, 15) is 14.7 Å². The Labute approximate surface area is 280 Å². The highest BCUT2D eigenvalue weighted by Gasteiger charge is 2.28. The highest BCUT2D eigenvalue weighted by molar-refractivity contribution is 7.21. The molecule has 4 aromatic rings. The molecule has 0 saturated carbocycles. The van der Waals surface area contributed by atoms with Gasteiger partial charge in [0, 0.05) is 32.4 Å². The first kappa shape index (κ1) is 35.5. The van der Waals surface area contributed by atoms with Gasteiger partial charge in [0.1, 0.15) is 17.9 Å². The number of azo groups is 1. The average molecular weight is 660 g/mol. The van der Waals surface area contributed by atoms with Gasteiger partial charge in [-0.15, -0.1) is 10.2 Å². The number of unbranched alkanes of at least 4 members (excludes halogenated alkanes) is 1. The lowest BCUT2D eigenvalue weighted by atomic mass is 9.99. The predicted octanol–water partition coefficient (Wildman–Crippen LogP) is 5.51. The number of hydrogen-bond acceptors (Lipinski definition) is 10. The minimum absolute atomic E-state index is 0.157. The summed E-state index contributed by atoms with van der Waals surface area (Å²) in [5, 5.41) is 25.3. The van der Waals surface area contributed by atoms with Crippen molar-refractivity contribution in [2.45, 2.75) is 57.7 Å². The molecule has 0 spiro atoms. The van der Waals surface area contributed by atoms with Crippen LogP contribution in [0.5, 0.6) is 5.75 Å². The van der Waals surface area contributed by atoms with E-state index in [4.69, 9.17) is 10.5 Å². The number of nitrogens with one attached hydrogen (secondary N) is 2. The van der Waals surface area contributed by atoms with E-state index in [1.54, 1.807) is 0 Å². The molecule has 0 radical (unpaired) electrons. The second kappa shape index (κ2) is 17.5. The molecule has 5 N–H and O–H groups in total. The number of hydrogen-bond donors (Lipinski definition) is 4. The summed E-state index contributed by atoms with van der Waals surface area (Å²) in [6.45, 7) is 4.86. The van der Waals surface area contributed by atoms with Crippen molar-refractivity contribution in [3.05, 3.63) is 78.4 Å². The minimum atomic E-state index is -1.43. The fourth-order valence-corrected chi connectivity index (χ4v) is 5.66. The van der Waals surface area contributed by atoms with Crippen LogP contribution < -0.4 is 26.0 Å². The van der Waals surface area contributed by atoms with Crippen molar-refractivity contribution in [1.29, 1.82) is 0 Å². The quantitative estimate of drug-likeness (QED) is 0.0860. The zero-order valence-corrected chi connectivity index (χ0v) is 28.2. The summed E-state index contributed by atoms with van der Waals surface area (Å²) in [6, 6.07) is 21.4. The number of fused-ring (bicyclic) bond motifs is 1. The Kier molecular flexibility index (Phi) is 13.2. The highest BCUT2D eigenvalue weighted by atomic mass is 32.1. The van der Waals surface area contributed by atoms with Gasteiger partial charge in [-0.1, -0.05) is 55.5 Å². The van der Waals surface area contributed by atoms with Crippen LogP contribution in [-0.2, 0) is 16.0 Å². The Morgan fingerprint density at radius 1 is 1.00 bits per heavy atom. The molecule has 0 saturated heterocycles. The molecule has 2 amide bonds. The topological polar surface area (TPSA) is 155 Å². The van der Waals surface area contributed by atoms with Crippen molar-refractivity contribution < 1.29 is 19.4 Å². The van der Waals surface area contributed by atoms with Crippen molar-refractivity contribution in [3.63, 3.8) is 0 Å². The predicted molar refractivity (Wildman–Crippen MR) is 188 cm³/mol. The van der Waals surface area contributed by atoms with E-state index in [1.165, 1.54) is 11.3 Å². The van der Waals surface area contributed by atoms with Crippen LogP contribution in [0.2, 0.25) is 0 Å². The second-order valence-corrected chi connectivity index (χ2v) is 13.1. The average Bonchev–Trinajstić information content (AvgIpc) is 3.47. The summed E-state index contributed by atoms with van der Waals surface area (Å²) in [5.74, 6) is -0.0432. The van der Waals surface area contributed by atoms with E-state index in [0.717, 1.165) is 39.3 Å². The summed E-state index contributed by atoms with van der Waals surface area (Å²) in [6.07, 6.45) is 0.773. The standard InChI is InChI=1S/C35H45N7O4S/c1-23(2)20-30(38-34(45)32(43)28(36)21-24-10-6-5-7-11-24)33(44)37-18-8-9-19-46-27-16-17-29-31(22-27)47-35(39-29)41-40-25-12-14-26(15-13-25)42(3)4/h5-7,10-17,22-23,28,30,32,43H,8-9,18-21,36H2,1-4H3,(H,37,44)(H,38,45)/t28-,30+,32+/m1/s1. The Bertz CT molecular complexity index is 1610. The third-order valence-corrected chi connectivity index (χ3v) is 8.34. The van der Waals surface area contributed by atoms with E-state index in [1.807, 2.05) is 106 Å². The zero-order valence-electron chi connectivity index (χ0n) is 27.4. The van der Waals surface area contributed by atoms with E-state index in [2.05, 4.69) is 25.8 Å². The first-order chi connectivity index (χ1) is 22.6. The van der Waals surface area contributed by atoms with Crippen molar-refractivity contribution in [2.24, 2.45) is 21.9 Å². The van der Waals surface area contributed by atoms with Crippen LogP contribution in [0, 0.1) is 5.92 Å². The maximum atomic E-state index is 13.0. The first-order valence-electron chi connectivity index (χ1n) is 15.9. The second-order valence-electron chi connectivity index (χ2n) is 12.1. The number of amides is 2. The summed E-state index contributed by atoms with van der Waals surface area (Å²) in [7, 11) is 3.98. The number of aromatic nitrogens is 1. The minimum Gasteiger partial charge on any atom is -0.494 e. The molecule has 1 heterocycles. The maximum Gasteiger partial charge on any atom is 0.251 e. The third-order valence-electron chi connectivity index (χ3n) is 7.43. The molecule has 250 valence electrons. The number of ether oxygens (including phenoxy) is 1. The van der Waals surface area contributed by atoms with Crippen LogP contribution in [0.3, 0.4) is 0 Å². The number of aliphatic hydroxyl groups is 1. The van der Waals surface area contributed by atoms with Crippen molar-refractivity contribution in [1.82, 2.24) is 15.6 Å². The lowest BCUT2D eigenvalue weighted by molar-refractivity contribution is -0.135. The molecular weight excluding hydrogens is 614 g/mol. The van der Waals surface area contributed by atoms with Crippen LogP contribution >= 0.6 is 11.3 Å². The Morgan fingerprint density at radius 2 is 1.74 bits per heavy atom. The number of anilines is 1. The van der Waals surface area contributed by atoms with Gasteiger partial charge in [-0.3, -0.25) is 9.59 Å². The lowest BCUT2D eigenvalue weighted by Crippen LogP contribution is -2.54. The number of rotatable bonds is 17. The zero-order chi connectivity index (χ0) is 33.8. The molecule has 0 fully saturated rings. The summed E-state index contributed by atoms with van der Waals surface area (Å²) < 4.78 is 6.90. The summed E-state index contributed by atoms with van der Waals surface area (Å²) in [5.41, 5.74) is 9.71. The molecule has 1 aromatic heterocycles. The van der Waals surface area contributed by atoms with Gasteiger partial charge in [-0.2, -0.15) is 0 Å². The molecule has 47 heavy (non-hydrogen) atoms. The fraction of sp³-hybridized carbons (Fsp3) is 0.400. The molecule has 0 aliphatic rings. The highest BCUT2D eigenvalue weighted by Crippen LogP contribution is 2.32. The van der Waals surface area contributed by atoms with Gasteiger partial charge in [0.2, 0.25) is 11.0 Å². The SMILES string of the molecule is CC(C)C[C@H](NC(=O)[C@@H](O)[C@H](N)Cc1ccccc1)C(=O)NCCCCOc1ccc2nc(N=Nc3ccc(N(C)C)cc3)sc2c1. The number of aliphatic hydroxyl groups excluding tert-OH is 1. The van der Waals surface area contributed by atoms with Crippen molar-refractivity contribution >= 4 is 49.9 Å². The third kappa shape index (κ3) is 11.1. The van der Waals surface area contributed by atoms with E-state index in [0.29, 0.717) is 37.5 Å². The number of nitrogens with zero attached hydrogens (tertiary/aromatic N) is 4. The smallest absolute Gasteiger partial charge is 0.251 e. The van der Waals surface area contributed by atoms with Gasteiger partial charge in [0.05, 0.1) is 22.5 Å². The molecular formula is C35H45N7O4S. The molecule has 0 bridgehead atoms. The van der Waals surface area contributed by atoms with Gasteiger partial charge in [0.15, 0.2) is 0 Å². The Balaban J connectivity index is 1.19. The van der Waals surface area contributed by atoms with Crippen molar-refractivity contribution in [3.8, 4) is 5.75 Å². The number of thiazole rings is 1. The Hall–Kier alpha value is -4.39. The molecule has 11 nitrogen and oxygen atoms in total. The lowest BCUT2D eigenvalue weighted by Gasteiger charge is -2.24. The van der Waals surface area contributed by atoms with Crippen LogP contribution in [0.25, 0.3) is 10.2 Å². The van der Waals surface area contributed by atoms with Gasteiger partial charge in [-0.25, -0.2) is 4.98 Å². The van der Waals surface area contributed by atoms with Gasteiger partial charge in [0.25, 0.3) is 5.91 Å². The molecule has 0 unspecified atom stereocenters. The van der Waals surface area contributed by atoms with E-state index < -0.39 is 24.1 Å². The summed E-state index contributed by atoms with van der Waals surface area (Å²) >= 11 is 1.44. The first-order valence-corrected chi connectivity index (χ1v) is 16.7. The number of nitrogens with two attached hydrogens (primary N) is 1. The molecule has 3 aromatic carbocycles. The normalized spacial score (nSPS) is 13.4. The maximum absolute atomic E-state index is 13.0. The number of carbonyl (C=O) groups is 2. The van der Waals surface area contributed by atoms with Gasteiger partial charge in [-0.05, 0) is 79.6 Å². The van der Waals surface area contributed by atoms with Crippen LogP contribution in [0.1, 0.15) is 38.7 Å². The van der Waals surface area contributed by atoms with Crippen LogP contribution in [-0.4, -0.2) is 67.3 Å². The largest absolute Gasteiger partial charge is 0.494 e. The van der Waals surface area contributed by atoms with Gasteiger partial charge < -0.3 is 31.1 Å². The van der Waals surface area contributed by atoms with Crippen LogP contribution in [0.15, 0.2) is 83.0 Å². The summed E-state index contributed by atoms with van der Waals surface area (Å²) in [4.78, 5) is 32.3. The number of carbonyl (C=O) groups excluding carboxylic acids is 2. The molecule has 3 atom stereocenters. The molecule has 12 heteroatoms. The number of benzene rings is 3. The van der Waals surface area contributed by atoms with Gasteiger partial charge >= 0.3 is 0 Å². The fourth-order valence-electron chi connectivity index (χ4n) is 4.85. The van der Waals surface area contributed by atoms with E-state index in [-0.39, 0.29) is 11.8 Å².